The quantitative estimate of drug-likeness (QED) is 0.831. The van der Waals surface area contributed by atoms with Crippen molar-refractivity contribution in [3.63, 3.8) is 0 Å². The SMILES string of the molecule is O=C(Nc1ccccc1)N1CCN(Cc2ncc[nH]2)[C@@H]2CS(=O)(=O)C[C@@H]21. The van der Waals surface area contributed by atoms with Crippen molar-refractivity contribution >= 4 is 21.6 Å². The van der Waals surface area contributed by atoms with E-state index in [9.17, 15) is 13.2 Å². The van der Waals surface area contributed by atoms with Crippen LogP contribution in [0.15, 0.2) is 42.7 Å². The Bertz CT molecular complexity index is 869. The fourth-order valence-electron chi connectivity index (χ4n) is 3.77. The Balaban J connectivity index is 1.52. The van der Waals surface area contributed by atoms with Crippen molar-refractivity contribution in [2.75, 3.05) is 29.9 Å². The number of sulfone groups is 1. The van der Waals surface area contributed by atoms with E-state index in [2.05, 4.69) is 20.2 Å². The van der Waals surface area contributed by atoms with E-state index in [4.69, 9.17) is 0 Å². The Kier molecular flexibility index (Phi) is 4.41. The van der Waals surface area contributed by atoms with E-state index in [0.29, 0.717) is 25.3 Å². The predicted molar refractivity (Wildman–Crippen MR) is 97.4 cm³/mol. The first-order valence-electron chi connectivity index (χ1n) is 8.57. The summed E-state index contributed by atoms with van der Waals surface area (Å²) in [6, 6.07) is 8.40. The Hall–Kier alpha value is -2.39. The number of amides is 2. The van der Waals surface area contributed by atoms with Crippen LogP contribution in [0, 0.1) is 0 Å². The Labute approximate surface area is 152 Å². The molecule has 2 aliphatic rings. The smallest absolute Gasteiger partial charge is 0.322 e. The largest absolute Gasteiger partial charge is 0.348 e. The monoisotopic (exact) mass is 375 g/mol. The fourth-order valence-corrected chi connectivity index (χ4v) is 5.78. The van der Waals surface area contributed by atoms with E-state index in [1.165, 1.54) is 0 Å². The van der Waals surface area contributed by atoms with Crippen molar-refractivity contribution in [3.8, 4) is 0 Å². The zero-order chi connectivity index (χ0) is 18.1. The Morgan fingerprint density at radius 2 is 1.96 bits per heavy atom. The Morgan fingerprint density at radius 1 is 1.19 bits per heavy atom. The van der Waals surface area contributed by atoms with Gasteiger partial charge in [0, 0.05) is 37.2 Å². The molecule has 2 N–H and O–H groups in total. The van der Waals surface area contributed by atoms with Gasteiger partial charge < -0.3 is 15.2 Å². The maximum absolute atomic E-state index is 12.7. The molecule has 0 spiro atoms. The second-order valence-corrected chi connectivity index (χ2v) is 8.86. The molecule has 2 aliphatic heterocycles. The number of nitrogens with one attached hydrogen (secondary N) is 2. The van der Waals surface area contributed by atoms with Gasteiger partial charge in [0.15, 0.2) is 9.84 Å². The molecule has 138 valence electrons. The minimum absolute atomic E-state index is 0.00846. The van der Waals surface area contributed by atoms with Gasteiger partial charge in [0.2, 0.25) is 0 Å². The average molecular weight is 375 g/mol. The number of H-pyrrole nitrogens is 1. The van der Waals surface area contributed by atoms with Crippen LogP contribution in [0.1, 0.15) is 5.82 Å². The molecule has 0 radical (unpaired) electrons. The first-order chi connectivity index (χ1) is 12.5. The highest BCUT2D eigenvalue weighted by atomic mass is 32.2. The topological polar surface area (TPSA) is 98.4 Å². The van der Waals surface area contributed by atoms with Gasteiger partial charge in [0.25, 0.3) is 0 Å². The molecule has 1 aromatic heterocycles. The highest BCUT2D eigenvalue weighted by molar-refractivity contribution is 7.91. The number of imidazole rings is 1. The molecule has 2 fully saturated rings. The number of benzene rings is 1. The molecule has 9 heteroatoms. The maximum atomic E-state index is 12.7. The highest BCUT2D eigenvalue weighted by Crippen LogP contribution is 2.28. The van der Waals surface area contributed by atoms with Gasteiger partial charge >= 0.3 is 6.03 Å². The molecule has 2 aromatic rings. The molecule has 0 bridgehead atoms. The van der Waals surface area contributed by atoms with Crippen LogP contribution in [-0.4, -0.2) is 70.9 Å². The van der Waals surface area contributed by atoms with Gasteiger partial charge in [-0.25, -0.2) is 18.2 Å². The summed E-state index contributed by atoms with van der Waals surface area (Å²) in [5, 5.41) is 2.87. The number of hydrogen-bond acceptors (Lipinski definition) is 5. The third kappa shape index (κ3) is 3.45. The third-order valence-corrected chi connectivity index (χ3v) is 6.68. The molecular weight excluding hydrogens is 354 g/mol. The number of anilines is 1. The lowest BCUT2D eigenvalue weighted by Gasteiger charge is -2.43. The highest BCUT2D eigenvalue weighted by Gasteiger charge is 2.48. The fraction of sp³-hybridized carbons (Fsp3) is 0.412. The number of carbonyl (C=O) groups is 1. The summed E-state index contributed by atoms with van der Waals surface area (Å²) in [5.41, 5.74) is 0.702. The molecule has 26 heavy (non-hydrogen) atoms. The summed E-state index contributed by atoms with van der Waals surface area (Å²) in [5.74, 6) is 0.886. The van der Waals surface area contributed by atoms with Crippen molar-refractivity contribution in [1.82, 2.24) is 19.8 Å². The molecule has 2 saturated heterocycles. The Morgan fingerprint density at radius 3 is 2.69 bits per heavy atom. The predicted octanol–water partition coefficient (Wildman–Crippen LogP) is 0.925. The number of fused-ring (bicyclic) bond motifs is 1. The molecule has 2 amide bonds. The molecule has 1 aromatic carbocycles. The number of hydrogen-bond donors (Lipinski definition) is 2. The molecule has 0 unspecified atom stereocenters. The first-order valence-corrected chi connectivity index (χ1v) is 10.4. The molecule has 0 saturated carbocycles. The van der Waals surface area contributed by atoms with Crippen molar-refractivity contribution in [3.05, 3.63) is 48.5 Å². The van der Waals surface area contributed by atoms with Gasteiger partial charge in [0.05, 0.1) is 24.1 Å². The van der Waals surface area contributed by atoms with E-state index in [1.807, 2.05) is 30.3 Å². The van der Waals surface area contributed by atoms with Crippen molar-refractivity contribution in [1.29, 1.82) is 0 Å². The third-order valence-electron chi connectivity index (χ3n) is 4.98. The van der Waals surface area contributed by atoms with Crippen LogP contribution in [-0.2, 0) is 16.4 Å². The van der Waals surface area contributed by atoms with E-state index in [0.717, 1.165) is 5.82 Å². The van der Waals surface area contributed by atoms with Crippen LogP contribution in [0.4, 0.5) is 10.5 Å². The number of rotatable bonds is 3. The molecule has 8 nitrogen and oxygen atoms in total. The van der Waals surface area contributed by atoms with Gasteiger partial charge in [-0.2, -0.15) is 0 Å². The summed E-state index contributed by atoms with van der Waals surface area (Å²) >= 11 is 0. The van der Waals surface area contributed by atoms with Crippen molar-refractivity contribution in [2.24, 2.45) is 0 Å². The molecule has 0 aliphatic carbocycles. The number of para-hydroxylation sites is 1. The lowest BCUT2D eigenvalue weighted by molar-refractivity contribution is 0.0636. The first kappa shape index (κ1) is 17.0. The minimum atomic E-state index is -3.17. The maximum Gasteiger partial charge on any atom is 0.322 e. The van der Waals surface area contributed by atoms with Gasteiger partial charge in [-0.3, -0.25) is 4.90 Å². The summed E-state index contributed by atoms with van der Waals surface area (Å²) in [4.78, 5) is 23.8. The van der Waals surface area contributed by atoms with Crippen LogP contribution in [0.25, 0.3) is 0 Å². The van der Waals surface area contributed by atoms with E-state index in [-0.39, 0.29) is 29.6 Å². The molecule has 2 atom stereocenters. The van der Waals surface area contributed by atoms with E-state index < -0.39 is 9.84 Å². The lowest BCUT2D eigenvalue weighted by atomic mass is 10.1. The van der Waals surface area contributed by atoms with Crippen LogP contribution >= 0.6 is 0 Å². The molecular formula is C17H21N5O3S. The minimum Gasteiger partial charge on any atom is -0.348 e. The normalized spacial score (nSPS) is 25.0. The summed E-state index contributed by atoms with van der Waals surface area (Å²) in [7, 11) is -3.17. The summed E-state index contributed by atoms with van der Waals surface area (Å²) in [6.07, 6.45) is 3.43. The van der Waals surface area contributed by atoms with Crippen LogP contribution in [0.5, 0.6) is 0 Å². The second kappa shape index (κ2) is 6.73. The average Bonchev–Trinajstić information content (AvgIpc) is 3.22. The van der Waals surface area contributed by atoms with Crippen LogP contribution in [0.3, 0.4) is 0 Å². The van der Waals surface area contributed by atoms with E-state index in [1.54, 1.807) is 17.3 Å². The zero-order valence-corrected chi connectivity index (χ0v) is 15.0. The number of nitrogens with zero attached hydrogens (tertiary/aromatic N) is 3. The number of aromatic amines is 1. The number of urea groups is 1. The van der Waals surface area contributed by atoms with Crippen molar-refractivity contribution in [2.45, 2.75) is 18.6 Å². The number of piperazine rings is 1. The molecule has 4 rings (SSSR count). The van der Waals surface area contributed by atoms with Crippen LogP contribution < -0.4 is 5.32 Å². The number of aromatic nitrogens is 2. The van der Waals surface area contributed by atoms with Crippen LogP contribution in [0.2, 0.25) is 0 Å². The van der Waals surface area contributed by atoms with Crippen molar-refractivity contribution < 1.29 is 13.2 Å². The second-order valence-electron chi connectivity index (χ2n) is 6.71. The lowest BCUT2D eigenvalue weighted by Crippen LogP contribution is -2.61. The van der Waals surface area contributed by atoms with Gasteiger partial charge in [-0.1, -0.05) is 18.2 Å². The summed E-state index contributed by atoms with van der Waals surface area (Å²) in [6.45, 7) is 1.65. The standard InChI is InChI=1S/C17H21N5O3S/c23-17(20-13-4-2-1-3-5-13)22-9-8-21(10-16-18-6-7-19-16)14-11-26(24,25)12-15(14)22/h1-7,14-15H,8-12H2,(H,18,19)(H,20,23)/t14-,15+/m1/s1. The zero-order valence-electron chi connectivity index (χ0n) is 14.2. The van der Waals surface area contributed by atoms with Gasteiger partial charge in [-0.05, 0) is 12.1 Å². The van der Waals surface area contributed by atoms with E-state index >= 15 is 0 Å². The molecule has 3 heterocycles. The van der Waals surface area contributed by atoms with Gasteiger partial charge in [-0.15, -0.1) is 0 Å². The van der Waals surface area contributed by atoms with Gasteiger partial charge in [0.1, 0.15) is 5.82 Å². The summed E-state index contributed by atoms with van der Waals surface area (Å²) < 4.78 is 24.5. The number of carbonyl (C=O) groups excluding carboxylic acids is 1.